The fraction of sp³-hybridized carbons (Fsp3) is 0.643. The van der Waals surface area contributed by atoms with Crippen LogP contribution in [0.3, 0.4) is 0 Å². The molecular weight excluding hydrogens is 937 g/mol. The highest BCUT2D eigenvalue weighted by atomic mass is 16.6. The van der Waals surface area contributed by atoms with Crippen LogP contribution in [0.1, 0.15) is 271 Å². The highest BCUT2D eigenvalue weighted by molar-refractivity contribution is 5.71. The Bertz CT molecular complexity index is 1630. The Morgan fingerprint density at radius 1 is 0.276 bits per heavy atom. The summed E-state index contributed by atoms with van der Waals surface area (Å²) in [6, 6.07) is 0. The van der Waals surface area contributed by atoms with Crippen molar-refractivity contribution in [1.82, 2.24) is 0 Å². The van der Waals surface area contributed by atoms with Gasteiger partial charge in [0.15, 0.2) is 6.10 Å². The molecule has 0 bridgehead atoms. The maximum Gasteiger partial charge on any atom is 0.306 e. The summed E-state index contributed by atoms with van der Waals surface area (Å²) < 4.78 is 16.8. The number of carbonyl (C=O) groups excluding carboxylic acids is 3. The monoisotopic (exact) mass is 1050 g/mol. The number of hydrogen-bond acceptors (Lipinski definition) is 6. The van der Waals surface area contributed by atoms with Crippen LogP contribution in [0.25, 0.3) is 0 Å². The van der Waals surface area contributed by atoms with Crippen molar-refractivity contribution in [3.63, 3.8) is 0 Å². The molecule has 0 aliphatic rings. The van der Waals surface area contributed by atoms with E-state index in [-0.39, 0.29) is 31.1 Å². The third-order valence-corrected chi connectivity index (χ3v) is 12.9. The average Bonchev–Trinajstić information content (AvgIpc) is 3.42. The first kappa shape index (κ1) is 71.5. The van der Waals surface area contributed by atoms with Gasteiger partial charge in [0.1, 0.15) is 13.2 Å². The zero-order valence-corrected chi connectivity index (χ0v) is 49.2. The Morgan fingerprint density at radius 3 is 0.855 bits per heavy atom. The van der Waals surface area contributed by atoms with Gasteiger partial charge in [0.25, 0.3) is 0 Å². The van der Waals surface area contributed by atoms with Crippen LogP contribution < -0.4 is 0 Å². The number of hydrogen-bond donors (Lipinski definition) is 0. The molecule has 0 saturated carbocycles. The first-order valence-electron chi connectivity index (χ1n) is 31.2. The SMILES string of the molecule is CC/C=C\C/C=C\C/C=C\C/C=C\C/C=C\C/C=C\C/C=C\C/C=C\C/C=C\CCCCCC(=O)OCC(COC(=O)CCCCCCCCCCCCCCC)OC(=O)CCCCCCC/C=C\C/C=C\CCCC. The van der Waals surface area contributed by atoms with Crippen molar-refractivity contribution in [1.29, 1.82) is 0 Å². The molecule has 0 radical (unpaired) electrons. The predicted octanol–water partition coefficient (Wildman–Crippen LogP) is 21.4. The molecule has 76 heavy (non-hydrogen) atoms. The van der Waals surface area contributed by atoms with Crippen LogP contribution in [0.2, 0.25) is 0 Å². The molecule has 0 saturated heterocycles. The molecule has 1 unspecified atom stereocenters. The lowest BCUT2D eigenvalue weighted by Crippen LogP contribution is -2.30. The Kier molecular flexibility index (Phi) is 59.4. The standard InChI is InChI=1S/C70H114O6/c1-4-7-10-13-16-19-22-25-27-28-29-30-31-32-33-34-35-36-37-38-39-40-41-42-43-46-48-51-54-57-60-63-69(72)75-66-67(65-74-68(71)62-59-56-53-50-47-44-24-21-18-15-12-9-6-3)76-70(73)64-61-58-55-52-49-45-26-23-20-17-14-11-8-5-2/h7,10,14,16-17,19,23,25-27,29-30,32-33,35-36,38-39,41-42,46,48,67H,4-6,8-9,11-13,15,18,20-22,24,28,31,34,37,40,43-45,47,49-66H2,1-3H3/b10-7-,17-14-,19-16-,26-23-,27-25-,30-29-,33-32-,36-35-,39-38-,42-41-,48-46-. The van der Waals surface area contributed by atoms with Crippen LogP contribution in [0.15, 0.2) is 134 Å². The second-order valence-corrected chi connectivity index (χ2v) is 20.2. The molecular formula is C70H114O6. The summed E-state index contributed by atoms with van der Waals surface area (Å²) in [5.41, 5.74) is 0. The summed E-state index contributed by atoms with van der Waals surface area (Å²) in [4.78, 5) is 38.2. The minimum absolute atomic E-state index is 0.0956. The number of esters is 3. The molecule has 430 valence electrons. The normalized spacial score (nSPS) is 13.0. The number of ether oxygens (including phenoxy) is 3. The summed E-state index contributed by atoms with van der Waals surface area (Å²) in [7, 11) is 0. The molecule has 6 heteroatoms. The van der Waals surface area contributed by atoms with Crippen molar-refractivity contribution in [2.75, 3.05) is 13.2 Å². The molecule has 0 N–H and O–H groups in total. The Balaban J connectivity index is 4.37. The average molecular weight is 1050 g/mol. The number of allylic oxidation sites excluding steroid dienone is 22. The minimum atomic E-state index is -0.802. The lowest BCUT2D eigenvalue weighted by molar-refractivity contribution is -0.167. The number of carbonyl (C=O) groups is 3. The molecule has 0 aromatic rings. The van der Waals surface area contributed by atoms with Gasteiger partial charge in [-0.2, -0.15) is 0 Å². The first-order chi connectivity index (χ1) is 37.5. The lowest BCUT2D eigenvalue weighted by Gasteiger charge is -2.18. The molecule has 0 spiro atoms. The van der Waals surface area contributed by atoms with Crippen molar-refractivity contribution in [2.24, 2.45) is 0 Å². The molecule has 0 aliphatic carbocycles. The maximum absolute atomic E-state index is 12.9. The Hall–Kier alpha value is -4.45. The number of rotatable bonds is 55. The van der Waals surface area contributed by atoms with E-state index in [1.807, 2.05) is 0 Å². The lowest BCUT2D eigenvalue weighted by atomic mass is 10.0. The van der Waals surface area contributed by atoms with Gasteiger partial charge in [-0.3, -0.25) is 14.4 Å². The van der Waals surface area contributed by atoms with Gasteiger partial charge in [0, 0.05) is 19.3 Å². The third-order valence-electron chi connectivity index (χ3n) is 12.9. The van der Waals surface area contributed by atoms with E-state index < -0.39 is 6.10 Å². The van der Waals surface area contributed by atoms with Gasteiger partial charge < -0.3 is 14.2 Å². The fourth-order valence-corrected chi connectivity index (χ4v) is 8.22. The van der Waals surface area contributed by atoms with E-state index in [9.17, 15) is 14.4 Å². The molecule has 1 atom stereocenters. The van der Waals surface area contributed by atoms with Crippen LogP contribution >= 0.6 is 0 Å². The summed E-state index contributed by atoms with van der Waals surface area (Å²) in [6.07, 6.45) is 88.8. The predicted molar refractivity (Wildman–Crippen MR) is 329 cm³/mol. The summed E-state index contributed by atoms with van der Waals surface area (Å²) in [5.74, 6) is -0.944. The van der Waals surface area contributed by atoms with E-state index in [1.165, 1.54) is 83.5 Å². The quantitative estimate of drug-likeness (QED) is 0.0261. The maximum atomic E-state index is 12.9. The van der Waals surface area contributed by atoms with E-state index in [1.54, 1.807) is 0 Å². The van der Waals surface area contributed by atoms with E-state index in [2.05, 4.69) is 154 Å². The van der Waals surface area contributed by atoms with Crippen LogP contribution in [-0.4, -0.2) is 37.2 Å². The molecule has 0 rings (SSSR count). The third kappa shape index (κ3) is 60.4. The summed E-state index contributed by atoms with van der Waals surface area (Å²) in [6.45, 7) is 6.45. The molecule has 0 fully saturated rings. The van der Waals surface area contributed by atoms with Gasteiger partial charge in [-0.15, -0.1) is 0 Å². The molecule has 0 amide bonds. The van der Waals surface area contributed by atoms with Crippen molar-refractivity contribution < 1.29 is 28.6 Å². The Labute approximate surface area is 468 Å². The second kappa shape index (κ2) is 63.1. The van der Waals surface area contributed by atoms with Gasteiger partial charge in [-0.25, -0.2) is 0 Å². The molecule has 0 aromatic carbocycles. The van der Waals surface area contributed by atoms with Crippen molar-refractivity contribution in [2.45, 2.75) is 277 Å². The first-order valence-corrected chi connectivity index (χ1v) is 31.2. The van der Waals surface area contributed by atoms with Crippen molar-refractivity contribution in [3.8, 4) is 0 Å². The minimum Gasteiger partial charge on any atom is -0.462 e. The smallest absolute Gasteiger partial charge is 0.306 e. The zero-order valence-electron chi connectivity index (χ0n) is 49.2. The van der Waals surface area contributed by atoms with Crippen LogP contribution in [0.5, 0.6) is 0 Å². The van der Waals surface area contributed by atoms with E-state index in [4.69, 9.17) is 14.2 Å². The second-order valence-electron chi connectivity index (χ2n) is 20.2. The molecule has 0 aromatic heterocycles. The number of unbranched alkanes of at least 4 members (excludes halogenated alkanes) is 22. The highest BCUT2D eigenvalue weighted by Gasteiger charge is 2.19. The van der Waals surface area contributed by atoms with E-state index in [0.717, 1.165) is 148 Å². The largest absolute Gasteiger partial charge is 0.462 e. The highest BCUT2D eigenvalue weighted by Crippen LogP contribution is 2.15. The van der Waals surface area contributed by atoms with Crippen LogP contribution in [-0.2, 0) is 28.6 Å². The van der Waals surface area contributed by atoms with Crippen LogP contribution in [0, 0.1) is 0 Å². The summed E-state index contributed by atoms with van der Waals surface area (Å²) >= 11 is 0. The van der Waals surface area contributed by atoms with Gasteiger partial charge in [0.2, 0.25) is 0 Å². The molecule has 6 nitrogen and oxygen atoms in total. The van der Waals surface area contributed by atoms with Gasteiger partial charge in [0.05, 0.1) is 0 Å². The van der Waals surface area contributed by atoms with Gasteiger partial charge in [-0.05, 0) is 116 Å². The summed E-state index contributed by atoms with van der Waals surface area (Å²) in [5, 5.41) is 0. The van der Waals surface area contributed by atoms with E-state index >= 15 is 0 Å². The van der Waals surface area contributed by atoms with Gasteiger partial charge >= 0.3 is 17.9 Å². The zero-order chi connectivity index (χ0) is 55.0. The molecule has 0 aliphatic heterocycles. The van der Waals surface area contributed by atoms with Crippen molar-refractivity contribution in [3.05, 3.63) is 134 Å². The fourth-order valence-electron chi connectivity index (χ4n) is 8.22. The van der Waals surface area contributed by atoms with Crippen molar-refractivity contribution >= 4 is 17.9 Å². The van der Waals surface area contributed by atoms with Gasteiger partial charge in [-0.1, -0.05) is 270 Å². The molecule has 0 heterocycles. The topological polar surface area (TPSA) is 78.9 Å². The Morgan fingerprint density at radius 2 is 0.526 bits per heavy atom. The van der Waals surface area contributed by atoms with E-state index in [0.29, 0.717) is 19.3 Å². The van der Waals surface area contributed by atoms with Crippen LogP contribution in [0.4, 0.5) is 0 Å².